The van der Waals surface area contributed by atoms with Gasteiger partial charge < -0.3 is 10.2 Å². The number of carbonyl (C=O) groups excluding carboxylic acids is 2. The quantitative estimate of drug-likeness (QED) is 0.267. The number of hydrogen-bond acceptors (Lipinski definition) is 7. The molecular weight excluding hydrogens is 290 g/mol. The van der Waals surface area contributed by atoms with Crippen LogP contribution in [0.25, 0.3) is 0 Å². The zero-order valence-electron chi connectivity index (χ0n) is 10.9. The molecular formula is C11H16ClN3O5. The van der Waals surface area contributed by atoms with Crippen LogP contribution in [0, 0.1) is 0 Å². The van der Waals surface area contributed by atoms with Gasteiger partial charge in [0, 0.05) is 5.56 Å². The Hall–Kier alpha value is -1.87. The van der Waals surface area contributed by atoms with E-state index in [0.29, 0.717) is 5.01 Å². The van der Waals surface area contributed by atoms with Crippen LogP contribution in [0.1, 0.15) is 24.2 Å². The number of nitrogens with zero attached hydrogens (tertiary/aromatic N) is 1. The molecule has 8 nitrogen and oxygen atoms in total. The number of hydrogen-bond donors (Lipinski definition) is 4. The fourth-order valence-electron chi connectivity index (χ4n) is 1.23. The van der Waals surface area contributed by atoms with Crippen LogP contribution in [0.5, 0.6) is 11.5 Å². The fourth-order valence-corrected chi connectivity index (χ4v) is 1.23. The van der Waals surface area contributed by atoms with E-state index in [-0.39, 0.29) is 18.0 Å². The van der Waals surface area contributed by atoms with E-state index in [4.69, 9.17) is 16.8 Å². The first-order chi connectivity index (χ1) is 8.70. The summed E-state index contributed by atoms with van der Waals surface area (Å²) < 4.78 is 0. The van der Waals surface area contributed by atoms with Crippen molar-refractivity contribution in [3.63, 3.8) is 0 Å². The van der Waals surface area contributed by atoms with Gasteiger partial charge in [-0.3, -0.25) is 14.4 Å². The number of nitrogens with two attached hydrogens (primary N) is 2. The Balaban J connectivity index is 0.00000361. The normalized spacial score (nSPS) is 10.6. The molecule has 0 atom stereocenters. The predicted molar refractivity (Wildman–Crippen MR) is 71.7 cm³/mol. The minimum absolute atomic E-state index is 0. The average Bonchev–Trinajstić information content (AvgIpc) is 2.39. The highest BCUT2D eigenvalue weighted by Crippen LogP contribution is 2.25. The number of halogens is 1. The van der Waals surface area contributed by atoms with Crippen LogP contribution in [0.15, 0.2) is 18.2 Å². The van der Waals surface area contributed by atoms with Gasteiger partial charge in [0.2, 0.25) is 0 Å². The molecule has 9 heteroatoms. The van der Waals surface area contributed by atoms with Crippen molar-refractivity contribution in [1.82, 2.24) is 5.01 Å². The summed E-state index contributed by atoms with van der Waals surface area (Å²) in [6, 6.07) is 3.30. The van der Waals surface area contributed by atoms with Crippen molar-refractivity contribution >= 4 is 24.2 Å². The zero-order chi connectivity index (χ0) is 14.8. The number of carbonyl (C=O) groups is 2. The minimum atomic E-state index is -1.47. The second-order valence-electron chi connectivity index (χ2n) is 4.31. The van der Waals surface area contributed by atoms with Crippen molar-refractivity contribution in [2.75, 3.05) is 0 Å². The number of phenols is 2. The molecule has 1 aromatic carbocycles. The molecule has 20 heavy (non-hydrogen) atoms. The monoisotopic (exact) mass is 305 g/mol. The van der Waals surface area contributed by atoms with Gasteiger partial charge in [0.15, 0.2) is 17.1 Å². The Labute approximate surface area is 121 Å². The highest BCUT2D eigenvalue weighted by Gasteiger charge is 2.35. The lowest BCUT2D eigenvalue weighted by molar-refractivity contribution is -0.152. The van der Waals surface area contributed by atoms with Gasteiger partial charge in [-0.05, 0) is 32.0 Å². The highest BCUT2D eigenvalue weighted by atomic mass is 35.5. The molecule has 0 aliphatic rings. The zero-order valence-corrected chi connectivity index (χ0v) is 11.7. The molecule has 112 valence electrons. The van der Waals surface area contributed by atoms with Crippen molar-refractivity contribution in [3.05, 3.63) is 23.8 Å². The van der Waals surface area contributed by atoms with Crippen LogP contribution in [0.3, 0.4) is 0 Å². The summed E-state index contributed by atoms with van der Waals surface area (Å²) in [5.74, 6) is 7.72. The third kappa shape index (κ3) is 3.58. The van der Waals surface area contributed by atoms with Gasteiger partial charge in [-0.2, -0.15) is 0 Å². The largest absolute Gasteiger partial charge is 0.504 e. The molecule has 0 aliphatic heterocycles. The van der Waals surface area contributed by atoms with Crippen molar-refractivity contribution in [2.45, 2.75) is 19.4 Å². The first-order valence-corrected chi connectivity index (χ1v) is 5.24. The Bertz CT molecular complexity index is 521. The maximum atomic E-state index is 11.9. The summed E-state index contributed by atoms with van der Waals surface area (Å²) in [4.78, 5) is 28.2. The minimum Gasteiger partial charge on any atom is -0.504 e. The Kier molecular flexibility index (Phi) is 5.92. The van der Waals surface area contributed by atoms with Gasteiger partial charge in [0.1, 0.15) is 0 Å². The number of benzene rings is 1. The topological polar surface area (TPSA) is 139 Å². The van der Waals surface area contributed by atoms with Crippen LogP contribution >= 0.6 is 12.4 Å². The van der Waals surface area contributed by atoms with E-state index >= 15 is 0 Å². The third-order valence-electron chi connectivity index (χ3n) is 2.47. The number of amides is 2. The molecule has 6 N–H and O–H groups in total. The van der Waals surface area contributed by atoms with Gasteiger partial charge in [-0.1, -0.05) is 0 Å². The highest BCUT2D eigenvalue weighted by molar-refractivity contribution is 6.06. The summed E-state index contributed by atoms with van der Waals surface area (Å²) in [7, 11) is 0. The van der Waals surface area contributed by atoms with E-state index < -0.39 is 28.9 Å². The molecule has 0 unspecified atom stereocenters. The van der Waals surface area contributed by atoms with E-state index in [1.807, 2.05) is 0 Å². The second-order valence-corrected chi connectivity index (χ2v) is 4.31. The van der Waals surface area contributed by atoms with Crippen LogP contribution in [0.4, 0.5) is 0 Å². The molecule has 0 spiro atoms. The lowest BCUT2D eigenvalue weighted by atomic mass is 10.1. The van der Waals surface area contributed by atoms with Crippen LogP contribution in [0.2, 0.25) is 0 Å². The first kappa shape index (κ1) is 18.1. The van der Waals surface area contributed by atoms with Crippen molar-refractivity contribution in [2.24, 2.45) is 11.7 Å². The number of imide groups is 1. The summed E-state index contributed by atoms with van der Waals surface area (Å²) in [6.07, 6.45) is 0. The van der Waals surface area contributed by atoms with E-state index in [0.717, 1.165) is 12.1 Å². The molecule has 1 aromatic rings. The summed E-state index contributed by atoms with van der Waals surface area (Å²) in [6.45, 7) is 2.69. The van der Waals surface area contributed by atoms with Gasteiger partial charge in [-0.15, -0.1) is 12.4 Å². The van der Waals surface area contributed by atoms with Gasteiger partial charge >= 0.3 is 0 Å². The maximum absolute atomic E-state index is 11.9. The van der Waals surface area contributed by atoms with Crippen molar-refractivity contribution in [3.8, 4) is 11.5 Å². The molecule has 2 amide bonds. The fraction of sp³-hybridized carbons (Fsp3) is 0.273. The Morgan fingerprint density at radius 1 is 1.25 bits per heavy atom. The summed E-state index contributed by atoms with van der Waals surface area (Å²) in [5.41, 5.74) is -1.54. The van der Waals surface area contributed by atoms with Crippen LogP contribution in [-0.4, -0.2) is 32.6 Å². The molecule has 0 bridgehead atoms. The van der Waals surface area contributed by atoms with Gasteiger partial charge in [0.25, 0.3) is 11.8 Å². The Morgan fingerprint density at radius 2 is 1.80 bits per heavy atom. The predicted octanol–water partition coefficient (Wildman–Crippen LogP) is 0.0310. The van der Waals surface area contributed by atoms with Gasteiger partial charge in [0.05, 0.1) is 0 Å². The molecule has 1 rings (SSSR count). The number of hydrazine groups is 1. The lowest BCUT2D eigenvalue weighted by Gasteiger charge is -2.25. The third-order valence-corrected chi connectivity index (χ3v) is 2.47. The number of aromatic hydroxyl groups is 2. The SMILES string of the molecule is CC(C)(ON)C(=O)N(N)C(=O)c1ccc(O)c(O)c1.Cl. The van der Waals surface area contributed by atoms with Crippen molar-refractivity contribution in [1.29, 1.82) is 0 Å². The van der Waals surface area contributed by atoms with Gasteiger partial charge in [-0.25, -0.2) is 16.7 Å². The molecule has 0 radical (unpaired) electrons. The van der Waals surface area contributed by atoms with E-state index in [2.05, 4.69) is 4.84 Å². The molecule has 0 fully saturated rings. The van der Waals surface area contributed by atoms with Crippen LogP contribution in [-0.2, 0) is 9.63 Å². The standard InChI is InChI=1S/C11H15N3O5.ClH/c1-11(2,19-13)10(18)14(12)9(17)6-3-4-7(15)8(16)5-6;/h3-5,15-16H,12-13H2,1-2H3;1H. The number of phenolic OH excluding ortho intramolecular Hbond substituents is 2. The van der Waals surface area contributed by atoms with E-state index in [9.17, 15) is 14.7 Å². The maximum Gasteiger partial charge on any atom is 0.277 e. The first-order valence-electron chi connectivity index (χ1n) is 5.24. The second kappa shape index (κ2) is 6.53. The molecule has 0 aromatic heterocycles. The smallest absolute Gasteiger partial charge is 0.277 e. The van der Waals surface area contributed by atoms with E-state index in [1.165, 1.54) is 19.9 Å². The lowest BCUT2D eigenvalue weighted by Crippen LogP contribution is -2.53. The van der Waals surface area contributed by atoms with Crippen LogP contribution < -0.4 is 11.7 Å². The summed E-state index contributed by atoms with van der Waals surface area (Å²) >= 11 is 0. The molecule has 0 aliphatic carbocycles. The number of rotatable bonds is 3. The van der Waals surface area contributed by atoms with Crippen molar-refractivity contribution < 1.29 is 24.6 Å². The average molecular weight is 306 g/mol. The molecule has 0 saturated carbocycles. The summed E-state index contributed by atoms with van der Waals surface area (Å²) in [5, 5.41) is 18.7. The molecule has 0 saturated heterocycles. The van der Waals surface area contributed by atoms with E-state index in [1.54, 1.807) is 0 Å². The molecule has 0 heterocycles. The Morgan fingerprint density at radius 3 is 2.25 bits per heavy atom.